The summed E-state index contributed by atoms with van der Waals surface area (Å²) in [7, 11) is 0. The van der Waals surface area contributed by atoms with Crippen LogP contribution in [0.1, 0.15) is 113 Å². The van der Waals surface area contributed by atoms with E-state index >= 15 is 0 Å². The first-order valence-corrected chi connectivity index (χ1v) is 16.6. The third-order valence-corrected chi connectivity index (χ3v) is 9.59. The van der Waals surface area contributed by atoms with Gasteiger partial charge in [0.05, 0.1) is 18.3 Å². The van der Waals surface area contributed by atoms with Gasteiger partial charge in [0, 0.05) is 31.7 Å². The fourth-order valence-electron chi connectivity index (χ4n) is 7.65. The average Bonchev–Trinajstić information content (AvgIpc) is 2.89. The summed E-state index contributed by atoms with van der Waals surface area (Å²) in [6.07, 6.45) is 6.15. The molecule has 0 saturated heterocycles. The number of rotatable bonds is 18. The minimum Gasteiger partial charge on any atom is -0.378 e. The molecule has 4 N–H and O–H groups in total. The second-order valence-electron chi connectivity index (χ2n) is 13.7. The van der Waals surface area contributed by atoms with Crippen molar-refractivity contribution in [2.75, 3.05) is 19.8 Å². The van der Waals surface area contributed by atoms with Gasteiger partial charge in [-0.25, -0.2) is 0 Å². The Hall–Kier alpha value is -0.280. The molecule has 7 nitrogen and oxygen atoms in total. The highest BCUT2D eigenvalue weighted by Crippen LogP contribution is 2.48. The maximum atomic E-state index is 10.4. The predicted molar refractivity (Wildman–Crippen MR) is 159 cm³/mol. The van der Waals surface area contributed by atoms with Crippen molar-refractivity contribution in [3.63, 3.8) is 0 Å². The van der Waals surface area contributed by atoms with Crippen LogP contribution in [0, 0.1) is 47.3 Å². The van der Waals surface area contributed by atoms with Gasteiger partial charge in [-0.05, 0) is 107 Å². The van der Waals surface area contributed by atoms with E-state index in [1.54, 1.807) is 0 Å². The van der Waals surface area contributed by atoms with Crippen molar-refractivity contribution >= 4 is 0 Å². The van der Waals surface area contributed by atoms with E-state index < -0.39 is 12.6 Å². The summed E-state index contributed by atoms with van der Waals surface area (Å²) in [6, 6.07) is 0. The third-order valence-electron chi connectivity index (χ3n) is 9.59. The molecule has 10 unspecified atom stereocenters. The van der Waals surface area contributed by atoms with Gasteiger partial charge in [-0.3, -0.25) is 0 Å². The molecule has 0 spiro atoms. The Balaban J connectivity index is 2.36. The Morgan fingerprint density at radius 3 is 1.43 bits per heavy atom. The molecule has 2 saturated carbocycles. The fourth-order valence-corrected chi connectivity index (χ4v) is 7.65. The van der Waals surface area contributed by atoms with Crippen LogP contribution >= 0.6 is 0 Å². The highest BCUT2D eigenvalue weighted by Gasteiger charge is 2.46. The summed E-state index contributed by atoms with van der Waals surface area (Å²) in [5, 5.41) is 41.3. The molecule has 0 aliphatic heterocycles. The molecule has 7 heteroatoms. The molecule has 2 rings (SSSR count). The minimum atomic E-state index is -1.35. The van der Waals surface area contributed by atoms with Gasteiger partial charge in [0.25, 0.3) is 0 Å². The zero-order valence-corrected chi connectivity index (χ0v) is 26.7. The van der Waals surface area contributed by atoms with Crippen molar-refractivity contribution in [1.29, 1.82) is 0 Å². The standard InChI is InChI=1S/C33H64O7/c1-8-11-38-23(7)22(6)15-25-18-29(33(36)37)20-27(31(25)40-13-10-3)16-26-19-28(32(34)35)17-24(14-21(4)5)30(26)39-12-9-2/h21-37H,8-20H2,1-7H3. The maximum absolute atomic E-state index is 10.4. The van der Waals surface area contributed by atoms with Gasteiger partial charge < -0.3 is 34.6 Å². The Morgan fingerprint density at radius 1 is 0.600 bits per heavy atom. The molecular formula is C33H64O7. The molecule has 2 aliphatic carbocycles. The molecule has 40 heavy (non-hydrogen) atoms. The van der Waals surface area contributed by atoms with Crippen molar-refractivity contribution in [3.8, 4) is 0 Å². The van der Waals surface area contributed by atoms with Crippen LogP contribution in [-0.2, 0) is 14.2 Å². The lowest BCUT2D eigenvalue weighted by atomic mass is 9.63. The lowest BCUT2D eigenvalue weighted by molar-refractivity contribution is -0.159. The Bertz CT molecular complexity index is 657. The molecule has 0 aromatic heterocycles. The van der Waals surface area contributed by atoms with Gasteiger partial charge >= 0.3 is 0 Å². The van der Waals surface area contributed by atoms with Gasteiger partial charge in [-0.2, -0.15) is 0 Å². The summed E-state index contributed by atoms with van der Waals surface area (Å²) >= 11 is 0. The number of hydrogen-bond acceptors (Lipinski definition) is 7. The first-order chi connectivity index (χ1) is 19.0. The smallest absolute Gasteiger partial charge is 0.154 e. The molecule has 0 radical (unpaired) electrons. The van der Waals surface area contributed by atoms with E-state index in [1.165, 1.54) is 0 Å². The molecular weight excluding hydrogens is 508 g/mol. The Labute approximate surface area is 245 Å². The zero-order chi connectivity index (χ0) is 29.8. The van der Waals surface area contributed by atoms with E-state index in [9.17, 15) is 20.4 Å². The Kier molecular flexibility index (Phi) is 16.5. The van der Waals surface area contributed by atoms with E-state index in [-0.39, 0.29) is 53.8 Å². The van der Waals surface area contributed by atoms with Gasteiger partial charge in [-0.15, -0.1) is 0 Å². The van der Waals surface area contributed by atoms with E-state index in [2.05, 4.69) is 48.5 Å². The van der Waals surface area contributed by atoms with Crippen LogP contribution in [0.5, 0.6) is 0 Å². The molecule has 0 bridgehead atoms. The van der Waals surface area contributed by atoms with Crippen LogP contribution in [0.2, 0.25) is 0 Å². The minimum absolute atomic E-state index is 0.0329. The average molecular weight is 573 g/mol. The maximum Gasteiger partial charge on any atom is 0.154 e. The Morgan fingerprint density at radius 2 is 1.02 bits per heavy atom. The van der Waals surface area contributed by atoms with Crippen LogP contribution in [0.3, 0.4) is 0 Å². The van der Waals surface area contributed by atoms with Gasteiger partial charge in [0.15, 0.2) is 12.6 Å². The van der Waals surface area contributed by atoms with Crippen LogP contribution in [0.15, 0.2) is 0 Å². The summed E-state index contributed by atoms with van der Waals surface area (Å²) in [4.78, 5) is 0. The molecule has 0 heterocycles. The molecule has 2 fully saturated rings. The van der Waals surface area contributed by atoms with Gasteiger partial charge in [0.1, 0.15) is 0 Å². The largest absolute Gasteiger partial charge is 0.378 e. The third kappa shape index (κ3) is 11.1. The fraction of sp³-hybridized carbons (Fsp3) is 1.00. The van der Waals surface area contributed by atoms with Crippen molar-refractivity contribution < 1.29 is 34.6 Å². The van der Waals surface area contributed by atoms with E-state index in [0.29, 0.717) is 37.9 Å². The van der Waals surface area contributed by atoms with E-state index in [1.807, 2.05) is 0 Å². The lowest BCUT2D eigenvalue weighted by Crippen LogP contribution is -2.48. The molecule has 0 amide bonds. The van der Waals surface area contributed by atoms with Crippen molar-refractivity contribution in [1.82, 2.24) is 0 Å². The van der Waals surface area contributed by atoms with Crippen molar-refractivity contribution in [3.05, 3.63) is 0 Å². The van der Waals surface area contributed by atoms with Crippen LogP contribution in [0.4, 0.5) is 0 Å². The van der Waals surface area contributed by atoms with Crippen molar-refractivity contribution in [2.45, 2.75) is 144 Å². The summed E-state index contributed by atoms with van der Waals surface area (Å²) in [5.74, 6) is 1.29. The van der Waals surface area contributed by atoms with Gasteiger partial charge in [0.2, 0.25) is 0 Å². The van der Waals surface area contributed by atoms with Crippen molar-refractivity contribution in [2.24, 2.45) is 47.3 Å². The number of ether oxygens (including phenoxy) is 3. The molecule has 0 aromatic carbocycles. The molecule has 238 valence electrons. The van der Waals surface area contributed by atoms with Gasteiger partial charge in [-0.1, -0.05) is 41.5 Å². The zero-order valence-electron chi connectivity index (χ0n) is 26.7. The number of hydrogen-bond donors (Lipinski definition) is 4. The highest BCUT2D eigenvalue weighted by atomic mass is 16.5. The lowest BCUT2D eigenvalue weighted by Gasteiger charge is -2.48. The molecule has 10 atom stereocenters. The van der Waals surface area contributed by atoms with E-state index in [0.717, 1.165) is 58.0 Å². The SMILES string of the molecule is CCCOC(C)C(C)CC1CC(C(O)O)CC(CC2CC(C(O)O)CC(CC(C)C)C2OCCC)C1OCCC. The summed E-state index contributed by atoms with van der Waals surface area (Å²) < 4.78 is 19.2. The van der Waals surface area contributed by atoms with Crippen LogP contribution in [0.25, 0.3) is 0 Å². The summed E-state index contributed by atoms with van der Waals surface area (Å²) in [6.45, 7) is 17.4. The monoisotopic (exact) mass is 572 g/mol. The first-order valence-electron chi connectivity index (χ1n) is 16.6. The van der Waals surface area contributed by atoms with Crippen LogP contribution < -0.4 is 0 Å². The number of aliphatic hydroxyl groups excluding tert-OH is 2. The molecule has 2 aliphatic rings. The normalized spacial score (nSPS) is 33.1. The van der Waals surface area contributed by atoms with Crippen LogP contribution in [-0.4, -0.2) is 71.1 Å². The second kappa shape index (κ2) is 18.4. The number of aliphatic hydroxyl groups is 4. The second-order valence-corrected chi connectivity index (χ2v) is 13.7. The van der Waals surface area contributed by atoms with E-state index in [4.69, 9.17) is 14.2 Å². The molecule has 0 aromatic rings. The first kappa shape index (κ1) is 35.9. The quantitative estimate of drug-likeness (QED) is 0.155. The predicted octanol–water partition coefficient (Wildman–Crippen LogP) is 5.76. The summed E-state index contributed by atoms with van der Waals surface area (Å²) in [5.41, 5.74) is 0. The topological polar surface area (TPSA) is 109 Å². The highest BCUT2D eigenvalue weighted by molar-refractivity contribution is 4.95.